The molecule has 1 atom stereocenters. The summed E-state index contributed by atoms with van der Waals surface area (Å²) in [5.41, 5.74) is 13.1. The Labute approximate surface area is 232 Å². The van der Waals surface area contributed by atoms with Crippen molar-refractivity contribution in [3.8, 4) is 11.1 Å². The van der Waals surface area contributed by atoms with E-state index in [0.717, 1.165) is 6.42 Å². The van der Waals surface area contributed by atoms with E-state index in [1.807, 2.05) is 10.4 Å². The van der Waals surface area contributed by atoms with Crippen molar-refractivity contribution in [3.05, 3.63) is 64.2 Å². The molecule has 5 rings (SSSR count). The third kappa shape index (κ3) is 3.81. The molecule has 4 heteroatoms. The summed E-state index contributed by atoms with van der Waals surface area (Å²) >= 11 is 2.48. The first-order valence-electron chi connectivity index (χ1n) is 12.4. The first-order chi connectivity index (χ1) is 15.0. The van der Waals surface area contributed by atoms with Crippen molar-refractivity contribution in [1.82, 2.24) is 0 Å². The van der Waals surface area contributed by atoms with Gasteiger partial charge in [0.15, 0.2) is 0 Å². The summed E-state index contributed by atoms with van der Waals surface area (Å²) in [6.07, 6.45) is 8.09. The third-order valence-corrected chi connectivity index (χ3v) is 14.3. The summed E-state index contributed by atoms with van der Waals surface area (Å²) in [5.74, 6) is 0. The molecule has 2 aliphatic carbocycles. The van der Waals surface area contributed by atoms with E-state index in [2.05, 4.69) is 112 Å². The fraction of sp³-hybridized carbons (Fsp3) is 0.467. The van der Waals surface area contributed by atoms with Crippen LogP contribution in [0.25, 0.3) is 16.7 Å². The Morgan fingerprint density at radius 2 is 1.56 bits per heavy atom. The van der Waals surface area contributed by atoms with E-state index in [4.69, 9.17) is 0 Å². The molecule has 0 radical (unpaired) electrons. The minimum atomic E-state index is -1.53. The summed E-state index contributed by atoms with van der Waals surface area (Å²) < 4.78 is 0.464. The van der Waals surface area contributed by atoms with Gasteiger partial charge in [0.2, 0.25) is 0 Å². The number of hydrogen-bond donors (Lipinski definition) is 0. The molecule has 3 aliphatic rings. The SMILES string of the molecule is CC[Si]1(CC)c2c3c(c(C4=CC=CC4)c(C(C)(C)C)c21)[CH]([Ti+2])c1cc(C(C)(C)C)ccc1-3.[Cl-].[Cl-]. The summed E-state index contributed by atoms with van der Waals surface area (Å²) in [7, 11) is -1.53. The number of hydrogen-bond acceptors (Lipinski definition) is 0. The first kappa shape index (κ1) is 28.0. The summed E-state index contributed by atoms with van der Waals surface area (Å²) in [4.78, 5) is 0. The van der Waals surface area contributed by atoms with Crippen LogP contribution in [0.15, 0.2) is 36.4 Å². The van der Waals surface area contributed by atoms with E-state index in [9.17, 15) is 0 Å². The predicted molar refractivity (Wildman–Crippen MR) is 139 cm³/mol. The van der Waals surface area contributed by atoms with E-state index in [1.54, 1.807) is 39.0 Å². The first-order valence-corrected chi connectivity index (χ1v) is 15.8. The normalized spacial score (nSPS) is 19.0. The molecule has 0 saturated heterocycles. The van der Waals surface area contributed by atoms with E-state index in [0.29, 0.717) is 4.22 Å². The molecule has 1 unspecified atom stereocenters. The second kappa shape index (κ2) is 9.07. The van der Waals surface area contributed by atoms with Gasteiger partial charge in [-0.25, -0.2) is 0 Å². The molecule has 2 aromatic carbocycles. The van der Waals surface area contributed by atoms with Gasteiger partial charge < -0.3 is 24.8 Å². The number of rotatable bonds is 3. The topological polar surface area (TPSA) is 0 Å². The van der Waals surface area contributed by atoms with Crippen molar-refractivity contribution in [2.45, 2.75) is 89.0 Å². The molecule has 0 nitrogen and oxygen atoms in total. The molecule has 2 aromatic rings. The van der Waals surface area contributed by atoms with Crippen molar-refractivity contribution in [3.63, 3.8) is 0 Å². The molecule has 1 heterocycles. The third-order valence-electron chi connectivity index (χ3n) is 8.27. The van der Waals surface area contributed by atoms with Crippen LogP contribution in [0, 0.1) is 0 Å². The molecule has 0 spiro atoms. The molecule has 0 N–H and O–H groups in total. The van der Waals surface area contributed by atoms with Crippen LogP contribution in [0.1, 0.15) is 93.9 Å². The molecular formula is C30H37Cl2SiTi. The Morgan fingerprint density at radius 3 is 2.06 bits per heavy atom. The molecular weight excluding hydrogens is 507 g/mol. The van der Waals surface area contributed by atoms with Crippen molar-refractivity contribution >= 4 is 24.0 Å². The number of fused-ring (bicyclic) bond motifs is 5. The average Bonchev–Trinajstić information content (AvgIpc) is 3.03. The maximum Gasteiger partial charge on any atom is -1.00 e. The van der Waals surface area contributed by atoms with E-state index in [1.165, 1.54) is 17.7 Å². The minimum absolute atomic E-state index is 0. The van der Waals surface area contributed by atoms with E-state index < -0.39 is 8.07 Å². The molecule has 0 fully saturated rings. The average molecular weight is 544 g/mol. The molecule has 0 aromatic heterocycles. The van der Waals surface area contributed by atoms with Gasteiger partial charge >= 0.3 is 209 Å². The van der Waals surface area contributed by atoms with Gasteiger partial charge in [-0.3, -0.25) is 0 Å². The second-order valence-corrected chi connectivity index (χ2v) is 17.6. The van der Waals surface area contributed by atoms with Gasteiger partial charge in [0.05, 0.1) is 0 Å². The monoisotopic (exact) mass is 543 g/mol. The van der Waals surface area contributed by atoms with Crippen LogP contribution in [-0.4, -0.2) is 8.07 Å². The van der Waals surface area contributed by atoms with Crippen LogP contribution >= 0.6 is 0 Å². The molecule has 1 aliphatic heterocycles. The van der Waals surface area contributed by atoms with Crippen LogP contribution in [-0.2, 0) is 31.3 Å². The smallest absolute Gasteiger partial charge is 1.00 e. The Morgan fingerprint density at radius 1 is 0.912 bits per heavy atom. The number of halogens is 2. The van der Waals surface area contributed by atoms with Crippen molar-refractivity contribution in [1.29, 1.82) is 0 Å². The maximum absolute atomic E-state index is 2.54. The van der Waals surface area contributed by atoms with Crippen LogP contribution in [0.5, 0.6) is 0 Å². The fourth-order valence-electron chi connectivity index (χ4n) is 6.50. The van der Waals surface area contributed by atoms with Gasteiger partial charge in [0, 0.05) is 0 Å². The predicted octanol–water partition coefficient (Wildman–Crippen LogP) is 1.17. The standard InChI is InChI=1S/C30H37Si.2ClH.Ti/c1-9-31(10-2)27-25-22-16-15-21(29(3,4)5)17-20(22)18-23(25)24(19-13-11-12-14-19)26(28(27)31)30(6,7)8;;;/h11-13,15-18H,9-10,14H2,1-8H3;2*1H;/q;;;+2/p-2. The van der Waals surface area contributed by atoms with Gasteiger partial charge in [-0.2, -0.15) is 0 Å². The Hall–Kier alpha value is -0.569. The summed E-state index contributed by atoms with van der Waals surface area (Å²) in [6.45, 7) is 19.3. The van der Waals surface area contributed by atoms with Gasteiger partial charge in [-0.05, 0) is 0 Å². The van der Waals surface area contributed by atoms with Gasteiger partial charge in [-0.15, -0.1) is 0 Å². The van der Waals surface area contributed by atoms with E-state index >= 15 is 0 Å². The van der Waals surface area contributed by atoms with Crippen molar-refractivity contribution in [2.24, 2.45) is 0 Å². The Kier molecular flexibility index (Phi) is 7.47. The summed E-state index contributed by atoms with van der Waals surface area (Å²) in [6, 6.07) is 10.1. The van der Waals surface area contributed by atoms with Gasteiger partial charge in [0.1, 0.15) is 0 Å². The van der Waals surface area contributed by atoms with E-state index in [-0.39, 0.29) is 35.6 Å². The molecule has 34 heavy (non-hydrogen) atoms. The Bertz CT molecular complexity index is 1200. The van der Waals surface area contributed by atoms with Crippen LogP contribution in [0.3, 0.4) is 0 Å². The Balaban J connectivity index is 0.00000162. The van der Waals surface area contributed by atoms with Gasteiger partial charge in [-0.1, -0.05) is 0 Å². The van der Waals surface area contributed by atoms with Crippen LogP contribution in [0.4, 0.5) is 0 Å². The zero-order chi connectivity index (χ0) is 23.2. The fourth-order valence-corrected chi connectivity index (χ4v) is 12.5. The maximum atomic E-state index is 2.54. The minimum Gasteiger partial charge on any atom is -1.00 e. The molecule has 179 valence electrons. The van der Waals surface area contributed by atoms with Gasteiger partial charge in [0.25, 0.3) is 0 Å². The van der Waals surface area contributed by atoms with Crippen LogP contribution < -0.4 is 35.2 Å². The zero-order valence-corrected chi connectivity index (χ0v) is 26.0. The van der Waals surface area contributed by atoms with Crippen molar-refractivity contribution in [2.75, 3.05) is 0 Å². The zero-order valence-electron chi connectivity index (χ0n) is 21.9. The largest absolute Gasteiger partial charge is 1.00 e. The number of benzene rings is 2. The molecule has 0 bridgehead atoms. The molecule has 0 saturated carbocycles. The number of allylic oxidation sites excluding steroid dienone is 4. The molecule has 0 amide bonds. The van der Waals surface area contributed by atoms with Crippen molar-refractivity contribution < 1.29 is 45.2 Å². The quantitative estimate of drug-likeness (QED) is 0.510. The van der Waals surface area contributed by atoms with Crippen LogP contribution in [0.2, 0.25) is 12.1 Å². The summed E-state index contributed by atoms with van der Waals surface area (Å²) in [5, 5.41) is 3.66. The second-order valence-electron chi connectivity index (χ2n) is 12.1.